The number of nitrogens with zero attached hydrogens (tertiary/aromatic N) is 1. The van der Waals surface area contributed by atoms with Gasteiger partial charge in [-0.15, -0.1) is 11.6 Å². The van der Waals surface area contributed by atoms with E-state index in [1.807, 2.05) is 6.92 Å². The fourth-order valence-corrected chi connectivity index (χ4v) is 1.00. The molecular formula is C9H10ClNO. The second-order valence-corrected chi connectivity index (χ2v) is 3.01. The van der Waals surface area contributed by atoms with Crippen LogP contribution >= 0.6 is 11.6 Å². The largest absolute Gasteiger partial charge is 0.292 e. The highest BCUT2D eigenvalue weighted by atomic mass is 35.5. The smallest absolute Gasteiger partial charge is 0.182 e. The van der Waals surface area contributed by atoms with Crippen molar-refractivity contribution >= 4 is 17.4 Å². The van der Waals surface area contributed by atoms with Crippen molar-refractivity contribution in [3.05, 3.63) is 30.1 Å². The third-order valence-electron chi connectivity index (χ3n) is 1.59. The molecule has 0 aliphatic rings. The topological polar surface area (TPSA) is 30.0 Å². The Kier molecular flexibility index (Phi) is 3.23. The molecule has 0 saturated heterocycles. The van der Waals surface area contributed by atoms with Gasteiger partial charge in [0, 0.05) is 18.0 Å². The predicted molar refractivity (Wildman–Crippen MR) is 48.5 cm³/mol. The molecule has 0 amide bonds. The Morgan fingerprint density at radius 3 is 3.00 bits per heavy atom. The lowest BCUT2D eigenvalue weighted by Gasteiger charge is -2.03. The molecule has 1 unspecified atom stereocenters. The number of halogens is 1. The van der Waals surface area contributed by atoms with Crippen molar-refractivity contribution in [2.24, 2.45) is 0 Å². The van der Waals surface area contributed by atoms with E-state index >= 15 is 0 Å². The van der Waals surface area contributed by atoms with Crippen LogP contribution in [-0.2, 0) is 0 Å². The third kappa shape index (κ3) is 2.05. The summed E-state index contributed by atoms with van der Waals surface area (Å²) in [6.45, 7) is 1.88. The van der Waals surface area contributed by atoms with Gasteiger partial charge in [0.05, 0.1) is 5.38 Å². The summed E-state index contributed by atoms with van der Waals surface area (Å²) < 4.78 is 0. The van der Waals surface area contributed by atoms with E-state index in [-0.39, 0.29) is 5.78 Å². The van der Waals surface area contributed by atoms with E-state index in [4.69, 9.17) is 11.6 Å². The lowest BCUT2D eigenvalue weighted by atomic mass is 10.1. The molecule has 0 aliphatic heterocycles. The van der Waals surface area contributed by atoms with Crippen molar-refractivity contribution < 1.29 is 4.79 Å². The van der Waals surface area contributed by atoms with E-state index in [1.165, 1.54) is 6.20 Å². The number of Topliss-reactive ketones (excluding diaryl/α,β-unsaturated/α-hetero) is 1. The number of aromatic nitrogens is 1. The molecule has 1 aromatic rings. The van der Waals surface area contributed by atoms with E-state index in [2.05, 4.69) is 4.98 Å². The van der Waals surface area contributed by atoms with Crippen molar-refractivity contribution in [3.8, 4) is 0 Å². The first-order valence-corrected chi connectivity index (χ1v) is 4.27. The summed E-state index contributed by atoms with van der Waals surface area (Å²) in [5, 5.41) is -0.422. The molecule has 2 nitrogen and oxygen atoms in total. The molecule has 1 rings (SSSR count). The zero-order valence-electron chi connectivity index (χ0n) is 6.83. The van der Waals surface area contributed by atoms with Crippen molar-refractivity contribution in [2.75, 3.05) is 0 Å². The van der Waals surface area contributed by atoms with Crippen LogP contribution in [0, 0.1) is 0 Å². The predicted octanol–water partition coefficient (Wildman–Crippen LogP) is 2.28. The minimum atomic E-state index is -0.422. The Morgan fingerprint density at radius 1 is 1.75 bits per heavy atom. The van der Waals surface area contributed by atoms with Gasteiger partial charge in [-0.3, -0.25) is 9.78 Å². The van der Waals surface area contributed by atoms with E-state index in [9.17, 15) is 4.79 Å². The van der Waals surface area contributed by atoms with Crippen LogP contribution < -0.4 is 0 Å². The number of alkyl halides is 1. The monoisotopic (exact) mass is 183 g/mol. The lowest BCUT2D eigenvalue weighted by Crippen LogP contribution is -2.13. The van der Waals surface area contributed by atoms with Gasteiger partial charge in [-0.05, 0) is 18.6 Å². The molecule has 0 saturated carbocycles. The van der Waals surface area contributed by atoms with E-state index in [0.717, 1.165) is 0 Å². The van der Waals surface area contributed by atoms with Gasteiger partial charge in [0.15, 0.2) is 5.78 Å². The summed E-state index contributed by atoms with van der Waals surface area (Å²) in [6.07, 6.45) is 3.81. The standard InChI is InChI=1S/C9H10ClNO/c1-2-8(10)9(12)7-4-3-5-11-6-7/h3-6,8H,2H2,1H3. The molecule has 1 atom stereocenters. The number of carbonyl (C=O) groups is 1. The molecule has 0 bridgehead atoms. The Balaban J connectivity index is 2.79. The molecule has 1 aromatic heterocycles. The third-order valence-corrected chi connectivity index (χ3v) is 2.10. The number of hydrogen-bond donors (Lipinski definition) is 0. The zero-order valence-corrected chi connectivity index (χ0v) is 7.58. The van der Waals surface area contributed by atoms with Crippen molar-refractivity contribution in [1.29, 1.82) is 0 Å². The summed E-state index contributed by atoms with van der Waals surface area (Å²) >= 11 is 5.77. The van der Waals surface area contributed by atoms with Crippen LogP contribution in [0.15, 0.2) is 24.5 Å². The molecule has 0 aromatic carbocycles. The quantitative estimate of drug-likeness (QED) is 0.532. The highest BCUT2D eigenvalue weighted by molar-refractivity contribution is 6.33. The Labute approximate surface area is 76.6 Å². The minimum Gasteiger partial charge on any atom is -0.292 e. The van der Waals surface area contributed by atoms with Crippen LogP contribution in [0.3, 0.4) is 0 Å². The van der Waals surface area contributed by atoms with E-state index in [1.54, 1.807) is 18.3 Å². The molecule has 0 radical (unpaired) electrons. The zero-order chi connectivity index (χ0) is 8.97. The number of carbonyl (C=O) groups excluding carboxylic acids is 1. The van der Waals surface area contributed by atoms with Crippen LogP contribution in [0.25, 0.3) is 0 Å². The van der Waals surface area contributed by atoms with Crippen molar-refractivity contribution in [3.63, 3.8) is 0 Å². The highest BCUT2D eigenvalue weighted by Gasteiger charge is 2.14. The summed E-state index contributed by atoms with van der Waals surface area (Å²) in [5.41, 5.74) is 0.583. The summed E-state index contributed by atoms with van der Waals surface area (Å²) in [6, 6.07) is 3.45. The maximum Gasteiger partial charge on any atom is 0.182 e. The second-order valence-electron chi connectivity index (χ2n) is 2.48. The first-order valence-electron chi connectivity index (χ1n) is 3.84. The summed E-state index contributed by atoms with van der Waals surface area (Å²) in [7, 11) is 0. The Morgan fingerprint density at radius 2 is 2.50 bits per heavy atom. The minimum absolute atomic E-state index is 0.0488. The molecule has 0 N–H and O–H groups in total. The van der Waals surface area contributed by atoms with Gasteiger partial charge in [0.1, 0.15) is 0 Å². The first kappa shape index (κ1) is 9.20. The van der Waals surface area contributed by atoms with Crippen molar-refractivity contribution in [1.82, 2.24) is 4.98 Å². The second kappa shape index (κ2) is 4.21. The van der Waals surface area contributed by atoms with Crippen LogP contribution in [0.2, 0.25) is 0 Å². The average Bonchev–Trinajstić information content (AvgIpc) is 2.17. The summed E-state index contributed by atoms with van der Waals surface area (Å²) in [5.74, 6) is -0.0488. The molecule has 0 fully saturated rings. The van der Waals surface area contributed by atoms with Gasteiger partial charge in [-0.25, -0.2) is 0 Å². The number of ketones is 1. The van der Waals surface area contributed by atoms with E-state index in [0.29, 0.717) is 12.0 Å². The SMILES string of the molecule is CCC(Cl)C(=O)c1cccnc1. The number of hydrogen-bond acceptors (Lipinski definition) is 2. The molecular weight excluding hydrogens is 174 g/mol. The molecule has 64 valence electrons. The summed E-state index contributed by atoms with van der Waals surface area (Å²) in [4.78, 5) is 15.2. The Bertz CT molecular complexity index is 260. The highest BCUT2D eigenvalue weighted by Crippen LogP contribution is 2.09. The average molecular weight is 184 g/mol. The normalized spacial score (nSPS) is 12.5. The molecule has 1 heterocycles. The van der Waals surface area contributed by atoms with Crippen LogP contribution in [-0.4, -0.2) is 16.1 Å². The van der Waals surface area contributed by atoms with Gasteiger partial charge < -0.3 is 0 Å². The first-order chi connectivity index (χ1) is 5.75. The van der Waals surface area contributed by atoms with Crippen LogP contribution in [0.5, 0.6) is 0 Å². The van der Waals surface area contributed by atoms with Crippen LogP contribution in [0.1, 0.15) is 23.7 Å². The van der Waals surface area contributed by atoms with Gasteiger partial charge in [0.25, 0.3) is 0 Å². The number of rotatable bonds is 3. The molecule has 3 heteroatoms. The molecule has 0 aliphatic carbocycles. The van der Waals surface area contributed by atoms with Crippen LogP contribution in [0.4, 0.5) is 0 Å². The van der Waals surface area contributed by atoms with Gasteiger partial charge in [0.2, 0.25) is 0 Å². The lowest BCUT2D eigenvalue weighted by molar-refractivity contribution is 0.0985. The van der Waals surface area contributed by atoms with Crippen molar-refractivity contribution in [2.45, 2.75) is 18.7 Å². The van der Waals surface area contributed by atoms with E-state index < -0.39 is 5.38 Å². The molecule has 0 spiro atoms. The fraction of sp³-hybridized carbons (Fsp3) is 0.333. The number of pyridine rings is 1. The fourth-order valence-electron chi connectivity index (χ4n) is 0.875. The van der Waals surface area contributed by atoms with Gasteiger partial charge in [-0.1, -0.05) is 6.92 Å². The molecule has 12 heavy (non-hydrogen) atoms. The van der Waals surface area contributed by atoms with Gasteiger partial charge in [-0.2, -0.15) is 0 Å². The maximum atomic E-state index is 11.4. The Hall–Kier alpha value is -0.890. The van der Waals surface area contributed by atoms with Gasteiger partial charge >= 0.3 is 0 Å². The maximum absolute atomic E-state index is 11.4.